The standard InChI is InChI=1S/C15H16N2O2/c16-14(18)15(9-4-10-17-15)19-13-8-3-6-11-5-1-2-7-12(11)13/h1-3,5-8,17H,4,9-10H2,(H2,16,18)/t15-/m1/s1. The molecular formula is C15H16N2O2. The fourth-order valence-corrected chi connectivity index (χ4v) is 2.54. The highest BCUT2D eigenvalue weighted by Crippen LogP contribution is 2.30. The van der Waals surface area contributed by atoms with Crippen LogP contribution in [-0.2, 0) is 4.79 Å². The minimum absolute atomic E-state index is 0.460. The molecule has 1 heterocycles. The van der Waals surface area contributed by atoms with Crippen molar-refractivity contribution < 1.29 is 9.53 Å². The summed E-state index contributed by atoms with van der Waals surface area (Å²) < 4.78 is 5.95. The zero-order chi connectivity index (χ0) is 13.3. The van der Waals surface area contributed by atoms with Crippen LogP contribution in [0.2, 0.25) is 0 Å². The number of fused-ring (bicyclic) bond motifs is 1. The molecule has 3 N–H and O–H groups in total. The molecule has 3 rings (SSSR count). The van der Waals surface area contributed by atoms with Gasteiger partial charge in [-0.15, -0.1) is 0 Å². The number of hydrogen-bond acceptors (Lipinski definition) is 3. The maximum Gasteiger partial charge on any atom is 0.277 e. The highest BCUT2D eigenvalue weighted by atomic mass is 16.5. The maximum absolute atomic E-state index is 11.7. The number of carbonyl (C=O) groups is 1. The summed E-state index contributed by atoms with van der Waals surface area (Å²) in [6, 6.07) is 13.7. The third-order valence-corrected chi connectivity index (χ3v) is 3.55. The average Bonchev–Trinajstić information content (AvgIpc) is 2.89. The molecule has 1 amide bonds. The molecule has 4 nitrogen and oxygen atoms in total. The fourth-order valence-electron chi connectivity index (χ4n) is 2.54. The van der Waals surface area contributed by atoms with Crippen molar-refractivity contribution in [3.63, 3.8) is 0 Å². The van der Waals surface area contributed by atoms with Crippen LogP contribution in [0.15, 0.2) is 42.5 Å². The minimum atomic E-state index is -1.07. The normalized spacial score (nSPS) is 22.5. The molecule has 98 valence electrons. The van der Waals surface area contributed by atoms with E-state index in [1.165, 1.54) is 0 Å². The molecule has 19 heavy (non-hydrogen) atoms. The van der Waals surface area contributed by atoms with Crippen LogP contribution in [0.4, 0.5) is 0 Å². The quantitative estimate of drug-likeness (QED) is 0.880. The summed E-state index contributed by atoms with van der Waals surface area (Å²) in [5, 5.41) is 5.15. The number of benzene rings is 2. The number of primary amides is 1. The zero-order valence-corrected chi connectivity index (χ0v) is 10.6. The second kappa shape index (κ2) is 4.55. The van der Waals surface area contributed by atoms with Crippen molar-refractivity contribution >= 4 is 16.7 Å². The van der Waals surface area contributed by atoms with Crippen LogP contribution in [0.25, 0.3) is 10.8 Å². The summed E-state index contributed by atoms with van der Waals surface area (Å²) in [4.78, 5) is 11.7. The zero-order valence-electron chi connectivity index (χ0n) is 10.6. The lowest BCUT2D eigenvalue weighted by Crippen LogP contribution is -2.56. The molecule has 0 saturated carbocycles. The number of nitrogens with one attached hydrogen (secondary N) is 1. The van der Waals surface area contributed by atoms with Gasteiger partial charge in [-0.2, -0.15) is 0 Å². The average molecular weight is 256 g/mol. The van der Waals surface area contributed by atoms with Gasteiger partial charge in [0.05, 0.1) is 0 Å². The fraction of sp³-hybridized carbons (Fsp3) is 0.267. The highest BCUT2D eigenvalue weighted by molar-refractivity contribution is 5.89. The van der Waals surface area contributed by atoms with E-state index in [9.17, 15) is 4.79 Å². The lowest BCUT2D eigenvalue weighted by atomic mass is 10.1. The number of nitrogens with two attached hydrogens (primary N) is 1. The molecule has 0 spiro atoms. The molecule has 0 unspecified atom stereocenters. The van der Waals surface area contributed by atoms with Crippen LogP contribution in [0, 0.1) is 0 Å². The van der Waals surface area contributed by atoms with Crippen molar-refractivity contribution in [2.45, 2.75) is 18.6 Å². The lowest BCUT2D eigenvalue weighted by Gasteiger charge is -2.27. The molecule has 1 fully saturated rings. The molecule has 1 aliphatic rings. The molecule has 4 heteroatoms. The molecule has 0 radical (unpaired) electrons. The van der Waals surface area contributed by atoms with Gasteiger partial charge in [0.1, 0.15) is 5.75 Å². The molecule has 0 aliphatic carbocycles. The van der Waals surface area contributed by atoms with Crippen LogP contribution < -0.4 is 15.8 Å². The van der Waals surface area contributed by atoms with Crippen molar-refractivity contribution in [1.29, 1.82) is 0 Å². The van der Waals surface area contributed by atoms with Crippen LogP contribution in [0.3, 0.4) is 0 Å². The highest BCUT2D eigenvalue weighted by Gasteiger charge is 2.42. The molecule has 0 aromatic heterocycles. The van der Waals surface area contributed by atoms with E-state index in [-0.39, 0.29) is 0 Å². The molecular weight excluding hydrogens is 240 g/mol. The van der Waals surface area contributed by atoms with Gasteiger partial charge < -0.3 is 10.5 Å². The van der Waals surface area contributed by atoms with Crippen molar-refractivity contribution in [2.75, 3.05) is 6.54 Å². The number of carbonyl (C=O) groups excluding carboxylic acids is 1. The van der Waals surface area contributed by atoms with Gasteiger partial charge in [-0.25, -0.2) is 0 Å². The maximum atomic E-state index is 11.7. The van der Waals surface area contributed by atoms with Crippen molar-refractivity contribution in [3.8, 4) is 5.75 Å². The van der Waals surface area contributed by atoms with Gasteiger partial charge in [-0.1, -0.05) is 36.4 Å². The Morgan fingerprint density at radius 3 is 2.74 bits per heavy atom. The molecule has 1 aliphatic heterocycles. The van der Waals surface area contributed by atoms with Crippen molar-refractivity contribution in [1.82, 2.24) is 5.32 Å². The number of rotatable bonds is 3. The topological polar surface area (TPSA) is 64.4 Å². The number of hydrogen-bond donors (Lipinski definition) is 2. The van der Waals surface area contributed by atoms with Crippen LogP contribution in [0.1, 0.15) is 12.8 Å². The Hall–Kier alpha value is -2.07. The Bertz CT molecular complexity index is 613. The Morgan fingerprint density at radius 2 is 2.00 bits per heavy atom. The van der Waals surface area contributed by atoms with Gasteiger partial charge >= 0.3 is 0 Å². The largest absolute Gasteiger partial charge is 0.463 e. The van der Waals surface area contributed by atoms with Crippen LogP contribution in [-0.4, -0.2) is 18.2 Å². The first kappa shape index (κ1) is 12.0. The van der Waals surface area contributed by atoms with Gasteiger partial charge in [0.25, 0.3) is 5.91 Å². The lowest BCUT2D eigenvalue weighted by molar-refractivity contribution is -0.134. The second-order valence-corrected chi connectivity index (χ2v) is 4.80. The molecule has 2 aromatic rings. The van der Waals surface area contributed by atoms with E-state index < -0.39 is 11.6 Å². The summed E-state index contributed by atoms with van der Waals surface area (Å²) in [7, 11) is 0. The van der Waals surface area contributed by atoms with E-state index in [1.54, 1.807) is 0 Å². The molecule has 1 atom stereocenters. The Balaban J connectivity index is 2.03. The van der Waals surface area contributed by atoms with Gasteiger partial charge in [0.15, 0.2) is 0 Å². The second-order valence-electron chi connectivity index (χ2n) is 4.80. The first-order valence-electron chi connectivity index (χ1n) is 6.43. The van der Waals surface area contributed by atoms with Crippen LogP contribution in [0.5, 0.6) is 5.75 Å². The van der Waals surface area contributed by atoms with E-state index >= 15 is 0 Å². The summed E-state index contributed by atoms with van der Waals surface area (Å²) >= 11 is 0. The van der Waals surface area contributed by atoms with E-state index in [0.29, 0.717) is 12.2 Å². The SMILES string of the molecule is NC(=O)[C@]1(Oc2cccc3ccccc23)CCCN1. The predicted molar refractivity (Wildman–Crippen MR) is 73.7 cm³/mol. The summed E-state index contributed by atoms with van der Waals surface area (Å²) in [6.07, 6.45) is 1.49. The summed E-state index contributed by atoms with van der Waals surface area (Å²) in [6.45, 7) is 0.744. The number of amides is 1. The molecule has 0 bridgehead atoms. The van der Waals surface area contributed by atoms with Gasteiger partial charge in [-0.05, 0) is 24.4 Å². The van der Waals surface area contributed by atoms with E-state index in [2.05, 4.69) is 5.32 Å². The Kier molecular flexibility index (Phi) is 2.87. The molecule has 2 aromatic carbocycles. The number of ether oxygens (including phenoxy) is 1. The third kappa shape index (κ3) is 2.04. The summed E-state index contributed by atoms with van der Waals surface area (Å²) in [5.74, 6) is 0.226. The van der Waals surface area contributed by atoms with Crippen LogP contribution >= 0.6 is 0 Å². The van der Waals surface area contributed by atoms with Crippen molar-refractivity contribution in [2.24, 2.45) is 5.73 Å². The van der Waals surface area contributed by atoms with Gasteiger partial charge in [0, 0.05) is 11.8 Å². The van der Waals surface area contributed by atoms with Gasteiger partial charge in [0.2, 0.25) is 5.72 Å². The van der Waals surface area contributed by atoms with E-state index in [4.69, 9.17) is 10.5 Å². The first-order valence-corrected chi connectivity index (χ1v) is 6.43. The monoisotopic (exact) mass is 256 g/mol. The minimum Gasteiger partial charge on any atom is -0.463 e. The third-order valence-electron chi connectivity index (χ3n) is 3.55. The Labute approximate surface area is 111 Å². The smallest absolute Gasteiger partial charge is 0.277 e. The molecule has 1 saturated heterocycles. The van der Waals surface area contributed by atoms with E-state index in [1.807, 2.05) is 42.5 Å². The van der Waals surface area contributed by atoms with E-state index in [0.717, 1.165) is 23.7 Å². The van der Waals surface area contributed by atoms with Gasteiger partial charge in [-0.3, -0.25) is 10.1 Å². The van der Waals surface area contributed by atoms with Crippen molar-refractivity contribution in [3.05, 3.63) is 42.5 Å². The Morgan fingerprint density at radius 1 is 1.21 bits per heavy atom. The summed E-state index contributed by atoms with van der Waals surface area (Å²) in [5.41, 5.74) is 4.43. The predicted octanol–water partition coefficient (Wildman–Crippen LogP) is 1.78. The first-order chi connectivity index (χ1) is 9.21.